The molecular formula is C12H13ClN2O2. The number of fused-ring (bicyclic) bond motifs is 1. The number of aromatic hydroxyl groups is 1. The van der Waals surface area contributed by atoms with Crippen LogP contribution >= 0.6 is 12.4 Å². The molecule has 0 unspecified atom stereocenters. The lowest BCUT2D eigenvalue weighted by Crippen LogP contribution is -2.24. The molecule has 0 aliphatic carbocycles. The van der Waals surface area contributed by atoms with Gasteiger partial charge in [0.2, 0.25) is 0 Å². The fraction of sp³-hybridized carbons (Fsp3) is 0.0833. The standard InChI is InChI=1S/C12H12N2O2.ClH/c1-13-12(16)14-11-4-2-3-8-5-6-9(15)7-10(8)11;/h2-7,15H,1H3,(H2,13,14,16);1H. The SMILES string of the molecule is CNC(=O)Nc1cccc2ccc(O)cc12.Cl. The zero-order valence-corrected chi connectivity index (χ0v) is 10.0. The highest BCUT2D eigenvalue weighted by atomic mass is 35.5. The molecule has 0 bridgehead atoms. The van der Waals surface area contributed by atoms with Crippen LogP contribution in [0.3, 0.4) is 0 Å². The van der Waals surface area contributed by atoms with Crippen molar-refractivity contribution in [3.8, 4) is 5.75 Å². The van der Waals surface area contributed by atoms with Gasteiger partial charge in [0, 0.05) is 12.4 Å². The Morgan fingerprint density at radius 2 is 2.00 bits per heavy atom. The first-order valence-corrected chi connectivity index (χ1v) is 4.91. The first kappa shape index (κ1) is 13.1. The van der Waals surface area contributed by atoms with Gasteiger partial charge in [-0.15, -0.1) is 12.4 Å². The molecule has 2 aromatic rings. The van der Waals surface area contributed by atoms with E-state index in [1.165, 1.54) is 0 Å². The normalized spacial score (nSPS) is 9.47. The highest BCUT2D eigenvalue weighted by Crippen LogP contribution is 2.26. The quantitative estimate of drug-likeness (QED) is 0.731. The van der Waals surface area contributed by atoms with Crippen molar-refractivity contribution in [1.82, 2.24) is 5.32 Å². The number of nitrogens with one attached hydrogen (secondary N) is 2. The van der Waals surface area contributed by atoms with Gasteiger partial charge >= 0.3 is 6.03 Å². The first-order valence-electron chi connectivity index (χ1n) is 4.91. The molecule has 0 atom stereocenters. The summed E-state index contributed by atoms with van der Waals surface area (Å²) in [4.78, 5) is 11.2. The van der Waals surface area contributed by atoms with Gasteiger partial charge < -0.3 is 15.7 Å². The van der Waals surface area contributed by atoms with Gasteiger partial charge in [0.25, 0.3) is 0 Å². The summed E-state index contributed by atoms with van der Waals surface area (Å²) in [5.74, 6) is 0.179. The third kappa shape index (κ3) is 2.79. The van der Waals surface area contributed by atoms with Gasteiger partial charge in [-0.2, -0.15) is 0 Å². The minimum absolute atomic E-state index is 0. The summed E-state index contributed by atoms with van der Waals surface area (Å²) >= 11 is 0. The highest BCUT2D eigenvalue weighted by molar-refractivity contribution is 6.01. The Morgan fingerprint density at radius 3 is 2.71 bits per heavy atom. The number of anilines is 1. The third-order valence-corrected chi connectivity index (χ3v) is 2.34. The van der Waals surface area contributed by atoms with E-state index in [1.807, 2.05) is 12.1 Å². The minimum atomic E-state index is -0.282. The molecule has 0 aliphatic rings. The number of amides is 2. The molecule has 2 amide bonds. The van der Waals surface area contributed by atoms with E-state index < -0.39 is 0 Å². The van der Waals surface area contributed by atoms with E-state index >= 15 is 0 Å². The van der Waals surface area contributed by atoms with Gasteiger partial charge in [0.05, 0.1) is 5.69 Å². The third-order valence-electron chi connectivity index (χ3n) is 2.34. The van der Waals surface area contributed by atoms with Crippen molar-refractivity contribution >= 4 is 34.9 Å². The Kier molecular flexibility index (Phi) is 4.17. The number of benzene rings is 2. The molecule has 0 fully saturated rings. The molecule has 4 nitrogen and oxygen atoms in total. The van der Waals surface area contributed by atoms with Crippen LogP contribution in [0, 0.1) is 0 Å². The summed E-state index contributed by atoms with van der Waals surface area (Å²) in [5, 5.41) is 16.4. The Balaban J connectivity index is 0.00000144. The predicted molar refractivity (Wildman–Crippen MR) is 70.9 cm³/mol. The van der Waals surface area contributed by atoms with Crippen LogP contribution in [-0.2, 0) is 0 Å². The number of phenolic OH excluding ortho intramolecular Hbond substituents is 1. The Morgan fingerprint density at radius 1 is 1.24 bits per heavy atom. The Hall–Kier alpha value is -1.94. The van der Waals surface area contributed by atoms with Crippen LogP contribution in [0.15, 0.2) is 36.4 Å². The average Bonchev–Trinajstić information content (AvgIpc) is 2.29. The lowest BCUT2D eigenvalue weighted by molar-refractivity contribution is 0.254. The van der Waals surface area contributed by atoms with Gasteiger partial charge in [0.1, 0.15) is 5.75 Å². The Labute approximate surface area is 105 Å². The van der Waals surface area contributed by atoms with Crippen molar-refractivity contribution in [3.63, 3.8) is 0 Å². The number of phenols is 1. The van der Waals surface area contributed by atoms with Gasteiger partial charge in [-0.3, -0.25) is 0 Å². The van der Waals surface area contributed by atoms with Crippen LogP contribution in [0.4, 0.5) is 10.5 Å². The second kappa shape index (κ2) is 5.41. The van der Waals surface area contributed by atoms with Crippen molar-refractivity contribution in [3.05, 3.63) is 36.4 Å². The molecule has 2 aromatic carbocycles. The van der Waals surface area contributed by atoms with Crippen LogP contribution in [0.5, 0.6) is 5.75 Å². The van der Waals surface area contributed by atoms with E-state index in [2.05, 4.69) is 10.6 Å². The Bertz CT molecular complexity index is 543. The summed E-state index contributed by atoms with van der Waals surface area (Å²) in [6, 6.07) is 10.3. The van der Waals surface area contributed by atoms with Crippen molar-refractivity contribution in [2.75, 3.05) is 12.4 Å². The highest BCUT2D eigenvalue weighted by Gasteiger charge is 2.04. The average molecular weight is 253 g/mol. The summed E-state index contributed by atoms with van der Waals surface area (Å²) < 4.78 is 0. The maximum Gasteiger partial charge on any atom is 0.318 e. The smallest absolute Gasteiger partial charge is 0.318 e. The van der Waals surface area contributed by atoms with Crippen molar-refractivity contribution in [2.45, 2.75) is 0 Å². The molecule has 3 N–H and O–H groups in total. The van der Waals surface area contributed by atoms with E-state index in [1.54, 1.807) is 31.3 Å². The van der Waals surface area contributed by atoms with Crippen molar-refractivity contribution in [1.29, 1.82) is 0 Å². The largest absolute Gasteiger partial charge is 0.508 e. The zero-order valence-electron chi connectivity index (χ0n) is 9.23. The van der Waals surface area contributed by atoms with E-state index in [0.717, 1.165) is 10.8 Å². The topological polar surface area (TPSA) is 61.4 Å². The van der Waals surface area contributed by atoms with Gasteiger partial charge in [-0.25, -0.2) is 4.79 Å². The molecule has 0 heterocycles. The summed E-state index contributed by atoms with van der Waals surface area (Å²) in [6.45, 7) is 0. The number of halogens is 1. The lowest BCUT2D eigenvalue weighted by atomic mass is 10.1. The number of hydrogen-bond acceptors (Lipinski definition) is 2. The van der Waals surface area contributed by atoms with E-state index in [0.29, 0.717) is 5.69 Å². The maximum atomic E-state index is 11.2. The summed E-state index contributed by atoms with van der Waals surface area (Å²) in [5.41, 5.74) is 0.674. The molecular weight excluding hydrogens is 240 g/mol. The molecule has 0 spiro atoms. The number of carbonyl (C=O) groups excluding carboxylic acids is 1. The summed E-state index contributed by atoms with van der Waals surface area (Å²) in [6.07, 6.45) is 0. The molecule has 90 valence electrons. The number of urea groups is 1. The molecule has 0 saturated heterocycles. The van der Waals surface area contributed by atoms with Gasteiger partial charge in [-0.05, 0) is 23.6 Å². The summed E-state index contributed by atoms with van der Waals surface area (Å²) in [7, 11) is 1.55. The van der Waals surface area contributed by atoms with Gasteiger partial charge in [-0.1, -0.05) is 18.2 Å². The number of rotatable bonds is 1. The fourth-order valence-electron chi connectivity index (χ4n) is 1.55. The molecule has 0 saturated carbocycles. The molecule has 0 aliphatic heterocycles. The maximum absolute atomic E-state index is 11.2. The monoisotopic (exact) mass is 252 g/mol. The van der Waals surface area contributed by atoms with E-state index in [9.17, 15) is 9.90 Å². The molecule has 5 heteroatoms. The second-order valence-corrected chi connectivity index (χ2v) is 3.42. The second-order valence-electron chi connectivity index (χ2n) is 3.42. The molecule has 0 radical (unpaired) electrons. The fourth-order valence-corrected chi connectivity index (χ4v) is 1.55. The lowest BCUT2D eigenvalue weighted by Gasteiger charge is -2.08. The number of hydrogen-bond donors (Lipinski definition) is 3. The number of carbonyl (C=O) groups is 1. The molecule has 17 heavy (non-hydrogen) atoms. The zero-order chi connectivity index (χ0) is 11.5. The molecule has 2 rings (SSSR count). The minimum Gasteiger partial charge on any atom is -0.508 e. The van der Waals surface area contributed by atoms with Crippen molar-refractivity contribution < 1.29 is 9.90 Å². The van der Waals surface area contributed by atoms with Crippen LogP contribution in [0.25, 0.3) is 10.8 Å². The van der Waals surface area contributed by atoms with Crippen LogP contribution < -0.4 is 10.6 Å². The predicted octanol–water partition coefficient (Wildman–Crippen LogP) is 2.72. The van der Waals surface area contributed by atoms with Crippen LogP contribution in [0.1, 0.15) is 0 Å². The van der Waals surface area contributed by atoms with Crippen LogP contribution in [0.2, 0.25) is 0 Å². The van der Waals surface area contributed by atoms with E-state index in [4.69, 9.17) is 0 Å². The van der Waals surface area contributed by atoms with E-state index in [-0.39, 0.29) is 24.2 Å². The van der Waals surface area contributed by atoms with Crippen molar-refractivity contribution in [2.24, 2.45) is 0 Å². The molecule has 0 aromatic heterocycles. The van der Waals surface area contributed by atoms with Gasteiger partial charge in [0.15, 0.2) is 0 Å². The first-order chi connectivity index (χ1) is 7.70. The van der Waals surface area contributed by atoms with Crippen LogP contribution in [-0.4, -0.2) is 18.2 Å².